The largest absolute Gasteiger partial charge is 0.383 e. The van der Waals surface area contributed by atoms with Gasteiger partial charge in [0.1, 0.15) is 12.1 Å². The van der Waals surface area contributed by atoms with Crippen molar-refractivity contribution in [3.05, 3.63) is 0 Å². The Bertz CT molecular complexity index is 355. The zero-order valence-corrected chi connectivity index (χ0v) is 13.5. The van der Waals surface area contributed by atoms with E-state index in [-0.39, 0.29) is 29.7 Å². The third kappa shape index (κ3) is 3.32. The number of ether oxygens (including phenoxy) is 1. The van der Waals surface area contributed by atoms with Crippen LogP contribution in [-0.2, 0) is 14.3 Å². The van der Waals surface area contributed by atoms with E-state index in [1.165, 1.54) is 0 Å². The Morgan fingerprint density at radius 1 is 1.20 bits per heavy atom. The van der Waals surface area contributed by atoms with Gasteiger partial charge in [-0.25, -0.2) is 0 Å². The average Bonchev–Trinajstić information content (AvgIpc) is 2.37. The molecule has 0 saturated carbocycles. The van der Waals surface area contributed by atoms with Crippen molar-refractivity contribution in [2.24, 2.45) is 11.8 Å². The fourth-order valence-electron chi connectivity index (χ4n) is 2.79. The highest BCUT2D eigenvalue weighted by Crippen LogP contribution is 2.24. The molecular formula is C15H28N2O3. The molecule has 0 aliphatic carbocycles. The van der Waals surface area contributed by atoms with Gasteiger partial charge in [0.05, 0.1) is 12.6 Å². The number of nitrogens with one attached hydrogen (secondary N) is 1. The summed E-state index contributed by atoms with van der Waals surface area (Å²) in [5.74, 6) is 0.134. The minimum atomic E-state index is -0.427. The molecule has 1 fully saturated rings. The third-order valence-electron chi connectivity index (χ3n) is 3.91. The summed E-state index contributed by atoms with van der Waals surface area (Å²) in [6.07, 6.45) is 0.779. The quantitative estimate of drug-likeness (QED) is 0.802. The second kappa shape index (κ2) is 7.07. The van der Waals surface area contributed by atoms with Gasteiger partial charge in [0.15, 0.2) is 0 Å². The molecule has 1 aliphatic rings. The smallest absolute Gasteiger partial charge is 0.246 e. The molecule has 0 bridgehead atoms. The lowest BCUT2D eigenvalue weighted by atomic mass is 9.91. The van der Waals surface area contributed by atoms with Crippen molar-refractivity contribution in [3.63, 3.8) is 0 Å². The molecule has 5 heteroatoms. The molecule has 2 amide bonds. The molecule has 1 saturated heterocycles. The number of hydrogen-bond acceptors (Lipinski definition) is 3. The number of carbonyl (C=O) groups excluding carboxylic acids is 2. The molecule has 1 heterocycles. The van der Waals surface area contributed by atoms with Gasteiger partial charge < -0.3 is 15.0 Å². The van der Waals surface area contributed by atoms with Gasteiger partial charge >= 0.3 is 0 Å². The highest BCUT2D eigenvalue weighted by molar-refractivity contribution is 5.97. The highest BCUT2D eigenvalue weighted by Gasteiger charge is 2.45. The van der Waals surface area contributed by atoms with Gasteiger partial charge in [-0.15, -0.1) is 0 Å². The van der Waals surface area contributed by atoms with Crippen LogP contribution in [0.5, 0.6) is 0 Å². The van der Waals surface area contributed by atoms with Gasteiger partial charge in [0, 0.05) is 7.11 Å². The summed E-state index contributed by atoms with van der Waals surface area (Å²) in [4.78, 5) is 26.9. The minimum absolute atomic E-state index is 0.0159. The van der Waals surface area contributed by atoms with Crippen molar-refractivity contribution in [2.45, 2.75) is 59.2 Å². The SMILES string of the molecule is CCC(COC)N1C(=O)C(C(C)C)NC(=O)C1C(C)C. The second-order valence-corrected chi connectivity index (χ2v) is 6.18. The summed E-state index contributed by atoms with van der Waals surface area (Å²) >= 11 is 0. The summed E-state index contributed by atoms with van der Waals surface area (Å²) < 4.78 is 5.23. The Morgan fingerprint density at radius 3 is 2.20 bits per heavy atom. The number of rotatable bonds is 6. The van der Waals surface area contributed by atoms with Crippen LogP contribution < -0.4 is 5.32 Å². The molecular weight excluding hydrogens is 256 g/mol. The van der Waals surface area contributed by atoms with Crippen LogP contribution in [0.25, 0.3) is 0 Å². The van der Waals surface area contributed by atoms with E-state index in [9.17, 15) is 9.59 Å². The zero-order valence-electron chi connectivity index (χ0n) is 13.5. The average molecular weight is 284 g/mol. The molecule has 0 spiro atoms. The van der Waals surface area contributed by atoms with E-state index in [0.717, 1.165) is 6.42 Å². The predicted octanol–water partition coefficient (Wildman–Crippen LogP) is 1.42. The van der Waals surface area contributed by atoms with E-state index in [0.29, 0.717) is 6.61 Å². The fourth-order valence-corrected chi connectivity index (χ4v) is 2.79. The fraction of sp³-hybridized carbons (Fsp3) is 0.867. The van der Waals surface area contributed by atoms with Crippen LogP contribution in [0.3, 0.4) is 0 Å². The summed E-state index contributed by atoms with van der Waals surface area (Å²) in [5, 5.41) is 2.88. The number of amides is 2. The number of methoxy groups -OCH3 is 1. The standard InChI is InChI=1S/C15H28N2O3/c1-7-11(8-20-6)17-13(10(4)5)14(18)16-12(9(2)3)15(17)19/h9-13H,7-8H2,1-6H3,(H,16,18). The topological polar surface area (TPSA) is 58.6 Å². The molecule has 1 N–H and O–H groups in total. The zero-order chi connectivity index (χ0) is 15.4. The van der Waals surface area contributed by atoms with Crippen LogP contribution in [0.4, 0.5) is 0 Å². The van der Waals surface area contributed by atoms with E-state index in [1.54, 1.807) is 12.0 Å². The van der Waals surface area contributed by atoms with E-state index < -0.39 is 12.1 Å². The summed E-state index contributed by atoms with van der Waals surface area (Å²) in [6.45, 7) is 10.3. The first kappa shape index (κ1) is 17.0. The Balaban J connectivity index is 3.13. The van der Waals surface area contributed by atoms with Crippen LogP contribution in [0.15, 0.2) is 0 Å². The predicted molar refractivity (Wildman–Crippen MR) is 78.2 cm³/mol. The lowest BCUT2D eigenvalue weighted by Crippen LogP contribution is -2.68. The van der Waals surface area contributed by atoms with Crippen LogP contribution in [0, 0.1) is 11.8 Å². The van der Waals surface area contributed by atoms with E-state index in [1.807, 2.05) is 34.6 Å². The number of carbonyl (C=O) groups is 2. The van der Waals surface area contributed by atoms with Gasteiger partial charge in [-0.05, 0) is 18.3 Å². The Hall–Kier alpha value is -1.10. The van der Waals surface area contributed by atoms with Gasteiger partial charge in [-0.2, -0.15) is 0 Å². The molecule has 1 rings (SSSR count). The monoisotopic (exact) mass is 284 g/mol. The Morgan fingerprint density at radius 2 is 1.80 bits per heavy atom. The molecule has 0 aromatic heterocycles. The van der Waals surface area contributed by atoms with E-state index >= 15 is 0 Å². The lowest BCUT2D eigenvalue weighted by molar-refractivity contribution is -0.157. The molecule has 0 aromatic rings. The summed E-state index contributed by atoms with van der Waals surface area (Å²) in [5.41, 5.74) is 0. The minimum Gasteiger partial charge on any atom is -0.383 e. The van der Waals surface area contributed by atoms with Crippen molar-refractivity contribution in [1.29, 1.82) is 0 Å². The molecule has 20 heavy (non-hydrogen) atoms. The normalized spacial score (nSPS) is 25.3. The third-order valence-corrected chi connectivity index (χ3v) is 3.91. The molecule has 116 valence electrons. The Kier molecular flexibility index (Phi) is 5.99. The van der Waals surface area contributed by atoms with Crippen molar-refractivity contribution < 1.29 is 14.3 Å². The maximum absolute atomic E-state index is 12.8. The number of hydrogen-bond donors (Lipinski definition) is 1. The van der Waals surface area contributed by atoms with Gasteiger partial charge in [-0.1, -0.05) is 34.6 Å². The summed E-state index contributed by atoms with van der Waals surface area (Å²) in [7, 11) is 1.63. The maximum Gasteiger partial charge on any atom is 0.246 e. The van der Waals surface area contributed by atoms with Gasteiger partial charge in [0.25, 0.3) is 0 Å². The van der Waals surface area contributed by atoms with Crippen molar-refractivity contribution in [2.75, 3.05) is 13.7 Å². The molecule has 3 atom stereocenters. The first-order valence-corrected chi connectivity index (χ1v) is 7.46. The first-order chi connectivity index (χ1) is 9.34. The lowest BCUT2D eigenvalue weighted by Gasteiger charge is -2.45. The van der Waals surface area contributed by atoms with Crippen molar-refractivity contribution in [3.8, 4) is 0 Å². The maximum atomic E-state index is 12.8. The molecule has 3 unspecified atom stereocenters. The first-order valence-electron chi connectivity index (χ1n) is 7.46. The number of piperazine rings is 1. The molecule has 0 radical (unpaired) electrons. The molecule has 1 aliphatic heterocycles. The van der Waals surface area contributed by atoms with Crippen LogP contribution >= 0.6 is 0 Å². The molecule has 5 nitrogen and oxygen atoms in total. The van der Waals surface area contributed by atoms with Crippen LogP contribution in [0.1, 0.15) is 41.0 Å². The highest BCUT2D eigenvalue weighted by atomic mass is 16.5. The Labute approximate surface area is 122 Å². The van der Waals surface area contributed by atoms with Crippen LogP contribution in [-0.4, -0.2) is 48.6 Å². The van der Waals surface area contributed by atoms with Crippen molar-refractivity contribution in [1.82, 2.24) is 10.2 Å². The summed E-state index contributed by atoms with van der Waals surface area (Å²) in [6, 6.07) is -0.881. The van der Waals surface area contributed by atoms with Gasteiger partial charge in [0.2, 0.25) is 11.8 Å². The number of nitrogens with zero attached hydrogens (tertiary/aromatic N) is 1. The van der Waals surface area contributed by atoms with E-state index in [4.69, 9.17) is 4.74 Å². The van der Waals surface area contributed by atoms with Gasteiger partial charge in [-0.3, -0.25) is 9.59 Å². The van der Waals surface area contributed by atoms with E-state index in [2.05, 4.69) is 5.32 Å². The molecule has 0 aromatic carbocycles. The van der Waals surface area contributed by atoms with Crippen LogP contribution in [0.2, 0.25) is 0 Å². The van der Waals surface area contributed by atoms with Crippen molar-refractivity contribution >= 4 is 11.8 Å². The second-order valence-electron chi connectivity index (χ2n) is 6.18.